The Hall–Kier alpha value is -3.94. The zero-order chi connectivity index (χ0) is 18.7. The van der Waals surface area contributed by atoms with Gasteiger partial charge in [-0.3, -0.25) is 0 Å². The van der Waals surface area contributed by atoms with Gasteiger partial charge in [-0.15, -0.1) is 5.10 Å². The Bertz CT molecular complexity index is 692. The lowest BCUT2D eigenvalue weighted by molar-refractivity contribution is 0.223. The Morgan fingerprint density at radius 3 is 1.58 bits per heavy atom. The van der Waals surface area contributed by atoms with Crippen LogP contribution in [0.1, 0.15) is 0 Å². The first-order valence-electron chi connectivity index (χ1n) is 7.57. The van der Waals surface area contributed by atoms with Crippen molar-refractivity contribution in [3.8, 4) is 0 Å². The van der Waals surface area contributed by atoms with Crippen LogP contribution in [0.2, 0.25) is 0 Å². The molecule has 0 saturated carbocycles. The van der Waals surface area contributed by atoms with Gasteiger partial charge in [-0.05, 0) is 33.0 Å². The molecular formula is C18H19N7O. The number of hydrogen-bond donors (Lipinski definition) is 1. The number of carbonyl (C=O) groups excluding carboxylic acids is 1. The minimum atomic E-state index is -0.809. The van der Waals surface area contributed by atoms with Gasteiger partial charge in [0.25, 0.3) is 0 Å². The summed E-state index contributed by atoms with van der Waals surface area (Å²) in [5, 5.41) is 18.0. The molecule has 0 saturated heterocycles. The first kappa shape index (κ1) is 20.1. The van der Waals surface area contributed by atoms with Gasteiger partial charge in [0.15, 0.2) is 0 Å². The van der Waals surface area contributed by atoms with Crippen LogP contribution in [-0.4, -0.2) is 17.3 Å². The molecule has 0 aliphatic carbocycles. The van der Waals surface area contributed by atoms with Crippen LogP contribution in [0.3, 0.4) is 0 Å². The van der Waals surface area contributed by atoms with Crippen LogP contribution in [0, 0.1) is 0 Å². The van der Waals surface area contributed by atoms with E-state index in [0.717, 1.165) is 5.01 Å². The number of nitrogens with two attached hydrogens (primary N) is 1. The molecule has 1 aliphatic heterocycles. The maximum atomic E-state index is 11.2. The van der Waals surface area contributed by atoms with E-state index in [2.05, 4.69) is 26.0 Å². The number of rotatable bonds is 0. The van der Waals surface area contributed by atoms with Crippen LogP contribution in [0.25, 0.3) is 0 Å². The Labute approximate surface area is 151 Å². The maximum absolute atomic E-state index is 11.2. The summed E-state index contributed by atoms with van der Waals surface area (Å²) in [5.74, 6) is 0. The first-order chi connectivity index (χ1) is 12.8. The summed E-state index contributed by atoms with van der Waals surface area (Å²) < 4.78 is 0. The Morgan fingerprint density at radius 2 is 1.08 bits per heavy atom. The van der Waals surface area contributed by atoms with Crippen LogP contribution in [0.15, 0.2) is 123 Å². The van der Waals surface area contributed by atoms with E-state index < -0.39 is 6.03 Å². The molecule has 2 amide bonds. The Morgan fingerprint density at radius 1 is 0.615 bits per heavy atom. The molecule has 26 heavy (non-hydrogen) atoms. The molecule has 8 nitrogen and oxygen atoms in total. The van der Waals surface area contributed by atoms with E-state index in [0.29, 0.717) is 0 Å². The van der Waals surface area contributed by atoms with Gasteiger partial charge < -0.3 is 5.73 Å². The highest BCUT2D eigenvalue weighted by atomic mass is 16.2. The number of allylic oxidation sites excluding steroid dienone is 15. The summed E-state index contributed by atoms with van der Waals surface area (Å²) >= 11 is 0. The lowest BCUT2D eigenvalue weighted by Crippen LogP contribution is -2.25. The predicted octanol–water partition coefficient (Wildman–Crippen LogP) is 4.51. The Kier molecular flexibility index (Phi) is 11.3. The molecule has 0 spiro atoms. The minimum absolute atomic E-state index is 0.809. The van der Waals surface area contributed by atoms with Gasteiger partial charge in [-0.1, -0.05) is 79.0 Å². The molecule has 132 valence electrons. The van der Waals surface area contributed by atoms with Crippen LogP contribution in [-0.2, 0) is 0 Å². The summed E-state index contributed by atoms with van der Waals surface area (Å²) in [7, 11) is 0. The van der Waals surface area contributed by atoms with Gasteiger partial charge in [-0.25, -0.2) is 4.79 Å². The molecule has 0 unspecified atom stereocenters. The largest absolute Gasteiger partial charge is 0.350 e. The molecule has 1 heterocycles. The van der Waals surface area contributed by atoms with Crippen molar-refractivity contribution in [2.75, 3.05) is 0 Å². The van der Waals surface area contributed by atoms with Gasteiger partial charge in [-0.2, -0.15) is 5.01 Å². The lowest BCUT2D eigenvalue weighted by Gasteiger charge is -2.03. The van der Waals surface area contributed by atoms with Gasteiger partial charge in [0, 0.05) is 6.20 Å². The average Bonchev–Trinajstić information content (AvgIpc) is 2.63. The molecule has 2 N–H and O–H groups in total. The fraction of sp³-hybridized carbons (Fsp3) is 0. The van der Waals surface area contributed by atoms with E-state index in [1.54, 1.807) is 30.4 Å². The molecule has 0 atom stereocenters. The smallest absolute Gasteiger partial charge is 0.340 e. The summed E-state index contributed by atoms with van der Waals surface area (Å²) in [4.78, 5) is 11.2. The van der Waals surface area contributed by atoms with Gasteiger partial charge in [0.1, 0.15) is 0 Å². The molecule has 0 aromatic rings. The maximum Gasteiger partial charge on any atom is 0.340 e. The molecule has 0 aromatic carbocycles. The van der Waals surface area contributed by atoms with Crippen LogP contribution >= 0.6 is 0 Å². The monoisotopic (exact) mass is 349 g/mol. The highest BCUT2D eigenvalue weighted by Gasteiger charge is 2.02. The molecule has 0 fully saturated rings. The van der Waals surface area contributed by atoms with Gasteiger partial charge in [0.05, 0.1) is 6.21 Å². The van der Waals surface area contributed by atoms with Crippen molar-refractivity contribution in [2.24, 2.45) is 31.7 Å². The van der Waals surface area contributed by atoms with Crippen molar-refractivity contribution >= 4 is 12.2 Å². The summed E-state index contributed by atoms with van der Waals surface area (Å²) in [5.41, 5.74) is 5.17. The van der Waals surface area contributed by atoms with Crippen molar-refractivity contribution in [1.82, 2.24) is 5.01 Å². The quantitative estimate of drug-likeness (QED) is 0.682. The van der Waals surface area contributed by atoms with E-state index in [1.165, 1.54) is 12.4 Å². The molecular weight excluding hydrogens is 330 g/mol. The zero-order valence-electron chi connectivity index (χ0n) is 14.0. The minimum Gasteiger partial charge on any atom is -0.350 e. The molecule has 8 heteroatoms. The van der Waals surface area contributed by atoms with E-state index in [9.17, 15) is 4.79 Å². The molecule has 1 rings (SSSR count). The first-order valence-corrected chi connectivity index (χ1v) is 7.57. The number of carbonyl (C=O) groups is 1. The van der Waals surface area contributed by atoms with E-state index in [1.807, 2.05) is 60.8 Å². The van der Waals surface area contributed by atoms with Crippen molar-refractivity contribution in [3.05, 3.63) is 97.3 Å². The second-order valence-electron chi connectivity index (χ2n) is 4.34. The second-order valence-corrected chi connectivity index (χ2v) is 4.34. The van der Waals surface area contributed by atoms with Crippen LogP contribution in [0.4, 0.5) is 4.79 Å². The average molecular weight is 349 g/mol. The van der Waals surface area contributed by atoms with E-state index in [-0.39, 0.29) is 0 Å². The van der Waals surface area contributed by atoms with Crippen molar-refractivity contribution in [3.63, 3.8) is 0 Å². The number of hydrogen-bond acceptors (Lipinski definition) is 6. The highest BCUT2D eigenvalue weighted by molar-refractivity contribution is 5.72. The van der Waals surface area contributed by atoms with Crippen LogP contribution in [0.5, 0.6) is 0 Å². The summed E-state index contributed by atoms with van der Waals surface area (Å²) in [6.45, 7) is 0. The molecule has 0 aromatic heterocycles. The fourth-order valence-electron chi connectivity index (χ4n) is 1.33. The number of nitrogens with zero attached hydrogens (tertiary/aromatic N) is 6. The normalized spacial score (nSPS) is 29.3. The fourth-order valence-corrected chi connectivity index (χ4v) is 1.33. The van der Waals surface area contributed by atoms with E-state index >= 15 is 0 Å². The molecule has 0 bridgehead atoms. The topological polar surface area (TPSA) is 108 Å². The highest BCUT2D eigenvalue weighted by Crippen LogP contribution is 1.95. The van der Waals surface area contributed by atoms with Gasteiger partial charge >= 0.3 is 6.03 Å². The molecule has 0 radical (unpaired) electrons. The zero-order valence-corrected chi connectivity index (χ0v) is 14.0. The standard InChI is InChI=1S/C18H19N7O/c19-18(26)25-17-15-13-11-9-7-5-3-1-2-4-6-8-10-12-14-16-20-21-22-23-24-25/h1-17H,(H2,19,26)/b2-1-,5-3-,6-4-,9-7-,10-8-,13-11-,14-12-,17-15-,20-16-,22-21-,24-23-. The van der Waals surface area contributed by atoms with Crippen molar-refractivity contribution in [1.29, 1.82) is 0 Å². The SMILES string of the molecule is NC(=O)N1\C=C/C=C\C=C/C=C\C=C/C=C\C=C/C=C\C=N/N=N\N=N/1. The number of urea groups is 1. The predicted molar refractivity (Wildman–Crippen MR) is 103 cm³/mol. The number of primary amides is 1. The lowest BCUT2D eigenvalue weighted by atomic mass is 10.3. The second kappa shape index (κ2) is 14.6. The summed E-state index contributed by atoms with van der Waals surface area (Å²) in [6.07, 6.45) is 30.1. The Balaban J connectivity index is 2.84. The molecule has 1 aliphatic rings. The third-order valence-corrected chi connectivity index (χ3v) is 2.43. The van der Waals surface area contributed by atoms with Crippen molar-refractivity contribution in [2.45, 2.75) is 0 Å². The third-order valence-electron chi connectivity index (χ3n) is 2.43. The number of amides is 2. The van der Waals surface area contributed by atoms with Crippen LogP contribution < -0.4 is 5.73 Å². The van der Waals surface area contributed by atoms with E-state index in [4.69, 9.17) is 5.73 Å². The van der Waals surface area contributed by atoms with Gasteiger partial charge in [0.2, 0.25) is 0 Å². The summed E-state index contributed by atoms with van der Waals surface area (Å²) in [6, 6.07) is -0.809. The van der Waals surface area contributed by atoms with Crippen molar-refractivity contribution < 1.29 is 4.79 Å². The third kappa shape index (κ3) is 11.6.